The van der Waals surface area contributed by atoms with Crippen molar-refractivity contribution in [3.63, 3.8) is 0 Å². The number of hydrogen-bond donors (Lipinski definition) is 5. The molecule has 0 aliphatic rings. The predicted octanol–water partition coefficient (Wildman–Crippen LogP) is -2.68. The molecular weight excluding hydrogens is 336 g/mol. The summed E-state index contributed by atoms with van der Waals surface area (Å²) < 4.78 is -1.77. The minimum Gasteiger partial charge on any atom is -0.389 e. The fourth-order valence-corrected chi connectivity index (χ4v) is 0.489. The van der Waals surface area contributed by atoms with E-state index in [1.807, 2.05) is 0 Å². The van der Waals surface area contributed by atoms with E-state index >= 15 is 0 Å². The summed E-state index contributed by atoms with van der Waals surface area (Å²) >= 11 is 2.55. The Bertz CT molecular complexity index is 284. The third kappa shape index (κ3) is 5.71. The third-order valence-electron chi connectivity index (χ3n) is 2.08. The number of nitro groups is 2. The van der Waals surface area contributed by atoms with Crippen LogP contribution in [0.15, 0.2) is 0 Å². The molecule has 11 nitrogen and oxygen atoms in total. The Balaban J connectivity index is 0. The van der Waals surface area contributed by atoms with Crippen LogP contribution < -0.4 is 0 Å². The average Bonchev–Trinajstić information content (AvgIpc) is 2.40. The summed E-state index contributed by atoms with van der Waals surface area (Å²) in [4.78, 5) is 18.3. The molecule has 114 valence electrons. The van der Waals surface area contributed by atoms with Crippen LogP contribution in [0, 0.1) is 20.2 Å². The first-order valence-corrected chi connectivity index (χ1v) is 5.51. The van der Waals surface area contributed by atoms with Crippen molar-refractivity contribution in [3.05, 3.63) is 20.2 Å². The van der Waals surface area contributed by atoms with Crippen molar-refractivity contribution < 1.29 is 35.4 Å². The van der Waals surface area contributed by atoms with Gasteiger partial charge in [-0.15, -0.1) is 0 Å². The van der Waals surface area contributed by atoms with Crippen LogP contribution in [0.5, 0.6) is 0 Å². The Morgan fingerprint density at radius 1 is 0.789 bits per heavy atom. The van der Waals surface area contributed by atoms with Crippen LogP contribution in [0.1, 0.15) is 0 Å². The van der Waals surface area contributed by atoms with E-state index in [0.717, 1.165) is 0 Å². The molecule has 0 rings (SSSR count). The third-order valence-corrected chi connectivity index (χ3v) is 2.87. The molecule has 0 aromatic rings. The van der Waals surface area contributed by atoms with Crippen molar-refractivity contribution in [3.8, 4) is 0 Å². The zero-order chi connectivity index (χ0) is 15.7. The van der Waals surface area contributed by atoms with Gasteiger partial charge >= 0.3 is 4.45 Å². The first kappa shape index (κ1) is 20.4. The van der Waals surface area contributed by atoms with Crippen LogP contribution in [0.2, 0.25) is 0 Å². The maximum atomic E-state index is 10.0. The molecule has 0 saturated heterocycles. The minimum absolute atomic E-state index is 0.726. The minimum atomic E-state index is -1.99. The van der Waals surface area contributed by atoms with Crippen LogP contribution in [0.25, 0.3) is 0 Å². The highest BCUT2D eigenvalue weighted by Crippen LogP contribution is 2.15. The van der Waals surface area contributed by atoms with E-state index < -0.39 is 52.9 Å². The van der Waals surface area contributed by atoms with Gasteiger partial charge in [0.25, 0.3) is 5.54 Å². The molecule has 19 heavy (non-hydrogen) atoms. The molecular formula is C7H15BrN2O9. The highest BCUT2D eigenvalue weighted by Gasteiger charge is 2.41. The molecule has 0 bridgehead atoms. The van der Waals surface area contributed by atoms with Gasteiger partial charge in [0.15, 0.2) is 0 Å². The second-order valence-corrected chi connectivity index (χ2v) is 4.92. The average molecular weight is 351 g/mol. The second-order valence-electron chi connectivity index (χ2n) is 3.45. The largest absolute Gasteiger partial charge is 0.389 e. The summed E-state index contributed by atoms with van der Waals surface area (Å²) in [5, 5.41) is 61.7. The maximum absolute atomic E-state index is 10.0. The Labute approximate surface area is 115 Å². The first-order valence-electron chi connectivity index (χ1n) is 4.72. The molecule has 0 aliphatic carbocycles. The molecule has 0 radical (unpaired) electrons. The van der Waals surface area contributed by atoms with Crippen LogP contribution >= 0.6 is 15.9 Å². The van der Waals surface area contributed by atoms with Gasteiger partial charge in [0.2, 0.25) is 0 Å². The van der Waals surface area contributed by atoms with Gasteiger partial charge in [0.05, 0.1) is 0 Å². The van der Waals surface area contributed by atoms with E-state index in [9.17, 15) is 20.2 Å². The summed E-state index contributed by atoms with van der Waals surface area (Å²) in [6.07, 6.45) is 0. The lowest BCUT2D eigenvalue weighted by atomic mass is 10.1. The molecule has 0 aliphatic heterocycles. The number of alkyl halides is 1. The molecule has 0 heterocycles. The molecule has 0 saturated carbocycles. The Morgan fingerprint density at radius 2 is 1.11 bits per heavy atom. The van der Waals surface area contributed by atoms with Gasteiger partial charge in [0, 0.05) is 25.8 Å². The molecule has 0 unspecified atom stereocenters. The second kappa shape index (κ2) is 9.06. The van der Waals surface area contributed by atoms with Crippen molar-refractivity contribution in [2.45, 2.75) is 9.99 Å². The molecule has 0 aromatic heterocycles. The quantitative estimate of drug-likeness (QED) is 0.141. The van der Waals surface area contributed by atoms with E-state index in [-0.39, 0.29) is 0 Å². The van der Waals surface area contributed by atoms with E-state index in [2.05, 4.69) is 15.9 Å². The highest BCUT2D eigenvalue weighted by molar-refractivity contribution is 9.10. The molecule has 0 fully saturated rings. The number of aliphatic hydroxyl groups excluding tert-OH is 5. The van der Waals surface area contributed by atoms with E-state index in [4.69, 9.17) is 25.5 Å². The van der Waals surface area contributed by atoms with Gasteiger partial charge in [-0.25, -0.2) is 0 Å². The zero-order valence-corrected chi connectivity index (χ0v) is 11.3. The summed E-state index contributed by atoms with van der Waals surface area (Å²) in [5.74, 6) is 0. The van der Waals surface area contributed by atoms with Gasteiger partial charge in [-0.2, -0.15) is 0 Å². The van der Waals surface area contributed by atoms with Gasteiger partial charge in [-0.05, 0) is 0 Å². The van der Waals surface area contributed by atoms with Crippen molar-refractivity contribution in [2.75, 3.05) is 33.0 Å². The topological polar surface area (TPSA) is 187 Å². The molecule has 0 atom stereocenters. The smallest absolute Gasteiger partial charge is 0.319 e. The zero-order valence-electron chi connectivity index (χ0n) is 9.68. The molecule has 0 spiro atoms. The lowest BCUT2D eigenvalue weighted by Crippen LogP contribution is -2.49. The summed E-state index contributed by atoms with van der Waals surface area (Å²) in [6.45, 7) is -4.06. The Hall–Kier alpha value is -0.920. The number of rotatable bonds is 7. The predicted molar refractivity (Wildman–Crippen MR) is 63.8 cm³/mol. The highest BCUT2D eigenvalue weighted by atomic mass is 79.9. The van der Waals surface area contributed by atoms with Crippen molar-refractivity contribution >= 4 is 15.9 Å². The van der Waals surface area contributed by atoms with E-state index in [1.165, 1.54) is 0 Å². The van der Waals surface area contributed by atoms with Crippen LogP contribution in [-0.2, 0) is 0 Å². The van der Waals surface area contributed by atoms with Crippen molar-refractivity contribution in [1.29, 1.82) is 0 Å². The number of aliphatic hydroxyl groups is 5. The van der Waals surface area contributed by atoms with Gasteiger partial charge in [-0.1, -0.05) is 0 Å². The lowest BCUT2D eigenvalue weighted by molar-refractivity contribution is -0.580. The van der Waals surface area contributed by atoms with Crippen LogP contribution in [0.3, 0.4) is 0 Å². The molecule has 0 aromatic carbocycles. The fraction of sp³-hybridized carbons (Fsp3) is 1.00. The van der Waals surface area contributed by atoms with Gasteiger partial charge in [-0.3, -0.25) is 20.2 Å². The molecule has 0 amide bonds. The Morgan fingerprint density at radius 3 is 1.11 bits per heavy atom. The maximum Gasteiger partial charge on any atom is 0.319 e. The van der Waals surface area contributed by atoms with Crippen LogP contribution in [0.4, 0.5) is 0 Å². The normalized spacial score (nSPS) is 11.5. The Kier molecular flexibility index (Phi) is 9.73. The molecule has 12 heteroatoms. The standard InChI is InChI=1S/C4H9NO5.C3H6BrNO4/c6-1-4(2-7,3-8)5(9)10;4-3(1-6,2-7)5(8)9/h6-8H,1-3H2;6-7H,1-2H2. The van der Waals surface area contributed by atoms with Crippen LogP contribution in [-0.4, -0.2) is 78.4 Å². The van der Waals surface area contributed by atoms with Crippen molar-refractivity contribution in [1.82, 2.24) is 0 Å². The summed E-state index contributed by atoms with van der Waals surface area (Å²) in [6, 6.07) is 0. The fourth-order valence-electron chi connectivity index (χ4n) is 0.489. The first-order chi connectivity index (χ1) is 8.69. The van der Waals surface area contributed by atoms with Crippen molar-refractivity contribution in [2.24, 2.45) is 0 Å². The van der Waals surface area contributed by atoms with Gasteiger partial charge < -0.3 is 25.5 Å². The summed E-state index contributed by atoms with van der Waals surface area (Å²) in [7, 11) is 0. The van der Waals surface area contributed by atoms with Gasteiger partial charge in [0.1, 0.15) is 33.0 Å². The number of hydrogen-bond acceptors (Lipinski definition) is 9. The number of halogens is 1. The van der Waals surface area contributed by atoms with E-state index in [1.54, 1.807) is 0 Å². The SMILES string of the molecule is O=[N+]([O-])C(Br)(CO)CO.O=[N+]([O-])C(CO)(CO)CO. The number of nitrogens with zero attached hydrogens (tertiary/aromatic N) is 2. The lowest BCUT2D eigenvalue weighted by Gasteiger charge is -2.16. The summed E-state index contributed by atoms with van der Waals surface area (Å²) in [5.41, 5.74) is -1.99. The molecule has 5 N–H and O–H groups in total. The van der Waals surface area contributed by atoms with E-state index in [0.29, 0.717) is 0 Å². The monoisotopic (exact) mass is 350 g/mol.